The molecular weight excluding hydrogens is 623 g/mol. The summed E-state index contributed by atoms with van der Waals surface area (Å²) in [5, 5.41) is 12.6. The summed E-state index contributed by atoms with van der Waals surface area (Å²) in [4.78, 5) is 44.8. The fourth-order valence-electron chi connectivity index (χ4n) is 6.85. The molecule has 4 heterocycles. The fourth-order valence-corrected chi connectivity index (χ4v) is 7.93. The van der Waals surface area contributed by atoms with E-state index >= 15 is 0 Å². The van der Waals surface area contributed by atoms with E-state index in [1.165, 1.54) is 11.3 Å². The van der Waals surface area contributed by atoms with Gasteiger partial charge in [-0.05, 0) is 87.6 Å². The third kappa shape index (κ3) is 6.89. The molecule has 9 heteroatoms. The summed E-state index contributed by atoms with van der Waals surface area (Å²) < 4.78 is 5.62. The van der Waals surface area contributed by atoms with E-state index in [9.17, 15) is 19.5 Å². The maximum atomic E-state index is 14.0. The zero-order chi connectivity index (χ0) is 34.0. The Morgan fingerprint density at radius 1 is 1.06 bits per heavy atom. The van der Waals surface area contributed by atoms with Crippen LogP contribution < -0.4 is 10.2 Å². The molecule has 6 rings (SSSR count). The number of hydrogen-bond acceptors (Lipinski definition) is 6. The molecule has 48 heavy (non-hydrogen) atoms. The number of rotatable bonds is 9. The summed E-state index contributed by atoms with van der Waals surface area (Å²) in [5.41, 5.74) is 7.67. The molecule has 2 aromatic carbocycles. The van der Waals surface area contributed by atoms with Gasteiger partial charge in [-0.15, -0.1) is 11.3 Å². The summed E-state index contributed by atoms with van der Waals surface area (Å²) in [7, 11) is 0. The summed E-state index contributed by atoms with van der Waals surface area (Å²) in [6.07, 6.45) is 6.09. The second-order valence-electron chi connectivity index (χ2n) is 13.4. The Bertz CT molecular complexity index is 1800. The van der Waals surface area contributed by atoms with Crippen molar-refractivity contribution in [3.05, 3.63) is 106 Å². The van der Waals surface area contributed by atoms with Crippen LogP contribution in [0.15, 0.2) is 89.7 Å². The van der Waals surface area contributed by atoms with E-state index in [0.717, 1.165) is 84.1 Å². The number of amides is 2. The van der Waals surface area contributed by atoms with Gasteiger partial charge in [0, 0.05) is 72.1 Å². The SMILES string of the molecule is C=C(CC)C/C(=C(\C=C(C)C)C(=O)Nc1ccc(C(=O)N2CCc3cc(C(=O)O)sc3-c3ccccc32)cc1)N1CC2(CCOCC2)C1. The monoisotopic (exact) mass is 665 g/mol. The number of carboxylic acid groups (broad SMARTS) is 1. The highest BCUT2D eigenvalue weighted by molar-refractivity contribution is 7.17. The number of aromatic carboxylic acids is 1. The number of nitrogens with zero attached hydrogens (tertiary/aromatic N) is 2. The van der Waals surface area contributed by atoms with Crippen LogP contribution in [0.4, 0.5) is 11.4 Å². The Balaban J connectivity index is 1.23. The van der Waals surface area contributed by atoms with Gasteiger partial charge in [-0.1, -0.05) is 42.8 Å². The lowest BCUT2D eigenvalue weighted by molar-refractivity contribution is -0.113. The maximum Gasteiger partial charge on any atom is 0.345 e. The normalized spacial score (nSPS) is 16.9. The van der Waals surface area contributed by atoms with Gasteiger partial charge in [-0.3, -0.25) is 9.59 Å². The number of carbonyl (C=O) groups is 3. The summed E-state index contributed by atoms with van der Waals surface area (Å²) in [6, 6.07) is 16.4. The molecule has 2 N–H and O–H groups in total. The van der Waals surface area contributed by atoms with Crippen molar-refractivity contribution in [1.82, 2.24) is 4.90 Å². The van der Waals surface area contributed by atoms with Gasteiger partial charge in [0.2, 0.25) is 0 Å². The number of thiophene rings is 1. The Morgan fingerprint density at radius 2 is 1.77 bits per heavy atom. The van der Waals surface area contributed by atoms with Gasteiger partial charge in [-0.2, -0.15) is 0 Å². The first-order valence-corrected chi connectivity index (χ1v) is 17.5. The van der Waals surface area contributed by atoms with Crippen LogP contribution in [0.25, 0.3) is 10.4 Å². The molecule has 0 atom stereocenters. The van der Waals surface area contributed by atoms with Crippen molar-refractivity contribution in [2.45, 2.75) is 52.9 Å². The van der Waals surface area contributed by atoms with Gasteiger partial charge in [0.25, 0.3) is 11.8 Å². The molecule has 3 aliphatic rings. The number of anilines is 2. The molecule has 0 radical (unpaired) electrons. The van der Waals surface area contributed by atoms with E-state index in [4.69, 9.17) is 4.74 Å². The summed E-state index contributed by atoms with van der Waals surface area (Å²) in [5.74, 6) is -1.28. The maximum absolute atomic E-state index is 14.0. The molecule has 2 amide bonds. The average Bonchev–Trinajstić information content (AvgIpc) is 3.44. The third-order valence-corrected chi connectivity index (χ3v) is 10.8. The predicted molar refractivity (Wildman–Crippen MR) is 192 cm³/mol. The number of para-hydroxylation sites is 1. The molecule has 2 saturated heterocycles. The predicted octanol–water partition coefficient (Wildman–Crippen LogP) is 7.94. The molecule has 8 nitrogen and oxygen atoms in total. The second kappa shape index (κ2) is 13.9. The fraction of sp³-hybridized carbons (Fsp3) is 0.359. The summed E-state index contributed by atoms with van der Waals surface area (Å²) in [6.45, 7) is 14.2. The van der Waals surface area contributed by atoms with Crippen molar-refractivity contribution in [3.63, 3.8) is 0 Å². The third-order valence-electron chi connectivity index (χ3n) is 9.59. The van der Waals surface area contributed by atoms with Crippen LogP contribution in [-0.2, 0) is 16.0 Å². The van der Waals surface area contributed by atoms with Crippen molar-refractivity contribution in [1.29, 1.82) is 0 Å². The van der Waals surface area contributed by atoms with Gasteiger partial charge in [0.1, 0.15) is 4.88 Å². The summed E-state index contributed by atoms with van der Waals surface area (Å²) >= 11 is 1.24. The number of ether oxygens (including phenoxy) is 1. The number of fused-ring (bicyclic) bond motifs is 3. The Labute approximate surface area is 286 Å². The van der Waals surface area contributed by atoms with Crippen molar-refractivity contribution in [3.8, 4) is 10.4 Å². The molecule has 2 fully saturated rings. The van der Waals surface area contributed by atoms with Gasteiger partial charge < -0.3 is 25.0 Å². The lowest BCUT2D eigenvalue weighted by Crippen LogP contribution is -2.58. The Morgan fingerprint density at radius 3 is 2.44 bits per heavy atom. The van der Waals surface area contributed by atoms with Gasteiger partial charge in [0.15, 0.2) is 0 Å². The molecule has 0 saturated carbocycles. The molecule has 0 unspecified atom stereocenters. The van der Waals surface area contributed by atoms with Crippen LogP contribution in [0, 0.1) is 5.41 Å². The number of allylic oxidation sites excluding steroid dienone is 2. The second-order valence-corrected chi connectivity index (χ2v) is 14.4. The first-order valence-electron chi connectivity index (χ1n) is 16.6. The number of hydrogen-bond donors (Lipinski definition) is 2. The highest BCUT2D eigenvalue weighted by atomic mass is 32.1. The Kier molecular flexibility index (Phi) is 9.71. The van der Waals surface area contributed by atoms with Crippen LogP contribution in [0.1, 0.15) is 72.0 Å². The number of benzene rings is 2. The molecule has 0 aliphatic carbocycles. The number of likely N-dealkylation sites (tertiary alicyclic amines) is 1. The molecule has 1 spiro atoms. The zero-order valence-corrected chi connectivity index (χ0v) is 28.8. The number of carbonyl (C=O) groups excluding carboxylic acids is 2. The van der Waals surface area contributed by atoms with Crippen LogP contribution in [0.2, 0.25) is 0 Å². The van der Waals surface area contributed by atoms with Crippen LogP contribution in [0.3, 0.4) is 0 Å². The molecular formula is C39H43N3O5S. The molecule has 0 bridgehead atoms. The van der Waals surface area contributed by atoms with Gasteiger partial charge in [-0.25, -0.2) is 4.79 Å². The quantitative estimate of drug-likeness (QED) is 0.137. The Hall–Kier alpha value is -4.47. The highest BCUT2D eigenvalue weighted by Crippen LogP contribution is 2.44. The lowest BCUT2D eigenvalue weighted by atomic mass is 9.72. The van der Waals surface area contributed by atoms with E-state index in [-0.39, 0.29) is 17.2 Å². The lowest BCUT2D eigenvalue weighted by Gasteiger charge is -2.54. The van der Waals surface area contributed by atoms with Crippen LogP contribution in [0.5, 0.6) is 0 Å². The minimum absolute atomic E-state index is 0.153. The number of carboxylic acids is 1. The van der Waals surface area contributed by atoms with Crippen molar-refractivity contribution in [2.75, 3.05) is 43.1 Å². The zero-order valence-electron chi connectivity index (χ0n) is 27.9. The largest absolute Gasteiger partial charge is 0.477 e. The van der Waals surface area contributed by atoms with Crippen molar-refractivity contribution < 1.29 is 24.2 Å². The molecule has 3 aliphatic heterocycles. The molecule has 1 aromatic heterocycles. The van der Waals surface area contributed by atoms with Gasteiger partial charge in [0.05, 0.1) is 11.3 Å². The van der Waals surface area contributed by atoms with E-state index in [1.54, 1.807) is 35.2 Å². The van der Waals surface area contributed by atoms with E-state index in [0.29, 0.717) is 41.1 Å². The minimum Gasteiger partial charge on any atom is -0.477 e. The van der Waals surface area contributed by atoms with Crippen LogP contribution in [-0.4, -0.2) is 60.6 Å². The number of nitrogens with one attached hydrogen (secondary N) is 1. The first-order chi connectivity index (χ1) is 23.1. The topological polar surface area (TPSA) is 99.2 Å². The van der Waals surface area contributed by atoms with Crippen molar-refractivity contribution in [2.24, 2.45) is 5.41 Å². The van der Waals surface area contributed by atoms with Crippen LogP contribution >= 0.6 is 11.3 Å². The molecule has 3 aromatic rings. The van der Waals surface area contributed by atoms with E-state index < -0.39 is 5.97 Å². The highest BCUT2D eigenvalue weighted by Gasteiger charge is 2.45. The van der Waals surface area contributed by atoms with E-state index in [2.05, 4.69) is 23.7 Å². The smallest absolute Gasteiger partial charge is 0.345 e. The van der Waals surface area contributed by atoms with Gasteiger partial charge >= 0.3 is 5.97 Å². The first kappa shape index (κ1) is 33.4. The molecule has 250 valence electrons. The van der Waals surface area contributed by atoms with Crippen molar-refractivity contribution >= 4 is 40.5 Å². The van der Waals surface area contributed by atoms with E-state index in [1.807, 2.05) is 44.2 Å². The average molecular weight is 666 g/mol. The minimum atomic E-state index is -0.944. The standard InChI is InChI=1S/C39H43N3O5S/c1-5-26(4)21-33(41-23-39(24-41)15-18-47-19-16-39)31(20-25(2)3)36(43)40-29-12-10-27(11-13-29)37(44)42-17-14-28-22-34(38(45)46)48-35(28)30-8-6-7-9-32(30)42/h6-13,20,22H,4-5,14-19,21,23-24H2,1-3H3,(H,40,43)(H,45,46)/b33-31-.